The smallest absolute Gasteiger partial charge is 0.255 e. The number of halogens is 1. The van der Waals surface area contributed by atoms with E-state index in [1.54, 1.807) is 24.9 Å². The molecule has 0 radical (unpaired) electrons. The third kappa shape index (κ3) is 3.42. The Hall–Kier alpha value is -1.75. The number of amides is 1. The molecule has 1 aromatic carbocycles. The van der Waals surface area contributed by atoms with E-state index >= 15 is 0 Å². The standard InChI is InChI=1S/C15H16BrN3O/c1-10-7-14(11(2)18-17-10)15(20)19(3)9-12-5-4-6-13(16)8-12/h4-8H,9H2,1-3H3. The van der Waals surface area contributed by atoms with E-state index in [-0.39, 0.29) is 5.91 Å². The summed E-state index contributed by atoms with van der Waals surface area (Å²) in [6, 6.07) is 9.71. The number of carbonyl (C=O) groups excluding carboxylic acids is 1. The summed E-state index contributed by atoms with van der Waals surface area (Å²) >= 11 is 3.43. The van der Waals surface area contributed by atoms with Gasteiger partial charge in [0.2, 0.25) is 0 Å². The van der Waals surface area contributed by atoms with Crippen molar-refractivity contribution in [3.05, 3.63) is 57.3 Å². The quantitative estimate of drug-likeness (QED) is 0.866. The molecular formula is C15H16BrN3O. The molecule has 4 nitrogen and oxygen atoms in total. The average Bonchev–Trinajstić information content (AvgIpc) is 2.40. The lowest BCUT2D eigenvalue weighted by Gasteiger charge is -2.18. The summed E-state index contributed by atoms with van der Waals surface area (Å²) in [5.74, 6) is -0.0412. The number of carbonyl (C=O) groups is 1. The maximum Gasteiger partial charge on any atom is 0.255 e. The molecule has 2 rings (SSSR count). The maximum absolute atomic E-state index is 12.5. The Balaban J connectivity index is 2.18. The largest absolute Gasteiger partial charge is 0.337 e. The number of hydrogen-bond donors (Lipinski definition) is 0. The predicted molar refractivity (Wildman–Crippen MR) is 81.4 cm³/mol. The molecule has 5 heteroatoms. The van der Waals surface area contributed by atoms with E-state index in [1.165, 1.54) is 0 Å². The third-order valence-corrected chi connectivity index (χ3v) is 3.48. The fourth-order valence-corrected chi connectivity index (χ4v) is 2.40. The second-order valence-electron chi connectivity index (χ2n) is 4.78. The monoisotopic (exact) mass is 333 g/mol. The fourth-order valence-electron chi connectivity index (χ4n) is 1.95. The minimum absolute atomic E-state index is 0.0412. The first-order valence-electron chi connectivity index (χ1n) is 6.28. The Morgan fingerprint density at radius 2 is 2.00 bits per heavy atom. The number of hydrogen-bond acceptors (Lipinski definition) is 3. The first-order valence-corrected chi connectivity index (χ1v) is 7.07. The molecule has 0 saturated carbocycles. The van der Waals surface area contributed by atoms with Crippen molar-refractivity contribution in [3.8, 4) is 0 Å². The predicted octanol–water partition coefficient (Wildman–Crippen LogP) is 3.13. The van der Waals surface area contributed by atoms with Crippen molar-refractivity contribution in [3.63, 3.8) is 0 Å². The van der Waals surface area contributed by atoms with Crippen LogP contribution in [0.25, 0.3) is 0 Å². The van der Waals surface area contributed by atoms with E-state index in [1.807, 2.05) is 31.2 Å². The van der Waals surface area contributed by atoms with Crippen LogP contribution in [0.4, 0.5) is 0 Å². The zero-order valence-corrected chi connectivity index (χ0v) is 13.3. The highest BCUT2D eigenvalue weighted by atomic mass is 79.9. The van der Waals surface area contributed by atoms with Crippen LogP contribution in [0.1, 0.15) is 27.3 Å². The van der Waals surface area contributed by atoms with Gasteiger partial charge in [0.05, 0.1) is 17.0 Å². The van der Waals surface area contributed by atoms with E-state index in [2.05, 4.69) is 26.1 Å². The molecule has 0 aliphatic carbocycles. The highest BCUT2D eigenvalue weighted by Crippen LogP contribution is 2.15. The molecule has 0 bridgehead atoms. The normalized spacial score (nSPS) is 10.4. The van der Waals surface area contributed by atoms with Gasteiger partial charge in [0.1, 0.15) is 0 Å². The number of benzene rings is 1. The summed E-state index contributed by atoms with van der Waals surface area (Å²) in [5, 5.41) is 7.95. The molecule has 1 heterocycles. The highest BCUT2D eigenvalue weighted by molar-refractivity contribution is 9.10. The van der Waals surface area contributed by atoms with Crippen LogP contribution < -0.4 is 0 Å². The van der Waals surface area contributed by atoms with Crippen LogP contribution in [0.15, 0.2) is 34.8 Å². The average molecular weight is 334 g/mol. The summed E-state index contributed by atoms with van der Waals surface area (Å²) in [5.41, 5.74) is 3.08. The lowest BCUT2D eigenvalue weighted by Crippen LogP contribution is -2.27. The van der Waals surface area contributed by atoms with Crippen molar-refractivity contribution in [2.75, 3.05) is 7.05 Å². The van der Waals surface area contributed by atoms with Crippen LogP contribution in [-0.4, -0.2) is 28.1 Å². The summed E-state index contributed by atoms with van der Waals surface area (Å²) in [6.07, 6.45) is 0. The van der Waals surface area contributed by atoms with Gasteiger partial charge in [0, 0.05) is 18.1 Å². The first-order chi connectivity index (χ1) is 9.47. The molecule has 0 N–H and O–H groups in total. The molecule has 0 spiro atoms. The van der Waals surface area contributed by atoms with Gasteiger partial charge < -0.3 is 4.90 Å². The minimum Gasteiger partial charge on any atom is -0.337 e. The molecule has 0 aliphatic rings. The van der Waals surface area contributed by atoms with E-state index < -0.39 is 0 Å². The molecule has 0 saturated heterocycles. The molecule has 0 unspecified atom stereocenters. The van der Waals surface area contributed by atoms with Crippen LogP contribution in [0.2, 0.25) is 0 Å². The van der Waals surface area contributed by atoms with E-state index in [4.69, 9.17) is 0 Å². The maximum atomic E-state index is 12.5. The minimum atomic E-state index is -0.0412. The number of rotatable bonds is 3. The van der Waals surface area contributed by atoms with E-state index in [0.29, 0.717) is 17.8 Å². The lowest BCUT2D eigenvalue weighted by molar-refractivity contribution is 0.0783. The zero-order chi connectivity index (χ0) is 14.7. The Labute approximate surface area is 127 Å². The van der Waals surface area contributed by atoms with Gasteiger partial charge in [-0.2, -0.15) is 10.2 Å². The lowest BCUT2D eigenvalue weighted by atomic mass is 10.1. The second kappa shape index (κ2) is 6.13. The van der Waals surface area contributed by atoms with Crippen molar-refractivity contribution in [1.29, 1.82) is 0 Å². The first kappa shape index (κ1) is 14.7. The Kier molecular flexibility index (Phi) is 4.49. The molecule has 1 amide bonds. The summed E-state index contributed by atoms with van der Waals surface area (Å²) < 4.78 is 1.01. The summed E-state index contributed by atoms with van der Waals surface area (Å²) in [6.45, 7) is 4.18. The Morgan fingerprint density at radius 3 is 2.70 bits per heavy atom. The number of nitrogens with zero attached hydrogens (tertiary/aromatic N) is 3. The molecule has 0 aliphatic heterocycles. The van der Waals surface area contributed by atoms with Crippen molar-refractivity contribution in [1.82, 2.24) is 15.1 Å². The Morgan fingerprint density at radius 1 is 1.25 bits per heavy atom. The van der Waals surface area contributed by atoms with Gasteiger partial charge in [0.15, 0.2) is 0 Å². The number of aryl methyl sites for hydroxylation is 2. The van der Waals surface area contributed by atoms with Gasteiger partial charge in [-0.1, -0.05) is 28.1 Å². The fraction of sp³-hybridized carbons (Fsp3) is 0.267. The van der Waals surface area contributed by atoms with Crippen LogP contribution in [0.3, 0.4) is 0 Å². The topological polar surface area (TPSA) is 46.1 Å². The summed E-state index contributed by atoms with van der Waals surface area (Å²) in [4.78, 5) is 14.1. The molecule has 2 aromatic rings. The molecule has 0 atom stereocenters. The second-order valence-corrected chi connectivity index (χ2v) is 5.69. The van der Waals surface area contributed by atoms with Crippen molar-refractivity contribution in [2.45, 2.75) is 20.4 Å². The molecule has 20 heavy (non-hydrogen) atoms. The van der Waals surface area contributed by atoms with Crippen LogP contribution in [0, 0.1) is 13.8 Å². The molecule has 1 aromatic heterocycles. The van der Waals surface area contributed by atoms with Gasteiger partial charge in [-0.3, -0.25) is 4.79 Å². The van der Waals surface area contributed by atoms with Crippen LogP contribution in [-0.2, 0) is 6.54 Å². The zero-order valence-electron chi connectivity index (χ0n) is 11.7. The van der Waals surface area contributed by atoms with Crippen LogP contribution in [0.5, 0.6) is 0 Å². The molecule has 0 fully saturated rings. The summed E-state index contributed by atoms with van der Waals surface area (Å²) in [7, 11) is 1.79. The van der Waals surface area contributed by atoms with Gasteiger partial charge in [-0.25, -0.2) is 0 Å². The third-order valence-electron chi connectivity index (χ3n) is 2.99. The number of aromatic nitrogens is 2. The highest BCUT2D eigenvalue weighted by Gasteiger charge is 2.16. The van der Waals surface area contributed by atoms with E-state index in [0.717, 1.165) is 15.7 Å². The van der Waals surface area contributed by atoms with Crippen LogP contribution >= 0.6 is 15.9 Å². The van der Waals surface area contributed by atoms with Gasteiger partial charge in [-0.05, 0) is 37.6 Å². The van der Waals surface area contributed by atoms with Crippen molar-refractivity contribution in [2.24, 2.45) is 0 Å². The van der Waals surface area contributed by atoms with Gasteiger partial charge in [-0.15, -0.1) is 0 Å². The SMILES string of the molecule is Cc1cc(C(=O)N(C)Cc2cccc(Br)c2)c(C)nn1. The van der Waals surface area contributed by atoms with Crippen molar-refractivity contribution >= 4 is 21.8 Å². The van der Waals surface area contributed by atoms with Gasteiger partial charge >= 0.3 is 0 Å². The van der Waals surface area contributed by atoms with Crippen molar-refractivity contribution < 1.29 is 4.79 Å². The van der Waals surface area contributed by atoms with E-state index in [9.17, 15) is 4.79 Å². The Bertz CT molecular complexity index is 643. The molecular weight excluding hydrogens is 318 g/mol. The molecule has 104 valence electrons. The van der Waals surface area contributed by atoms with Gasteiger partial charge in [0.25, 0.3) is 5.91 Å².